The minimum atomic E-state index is -0.218. The lowest BCUT2D eigenvalue weighted by atomic mass is 10.2. The molecule has 0 fully saturated rings. The number of halogens is 2. The van der Waals surface area contributed by atoms with E-state index in [4.69, 9.17) is 4.74 Å². The van der Waals surface area contributed by atoms with Crippen molar-refractivity contribution in [2.75, 3.05) is 13.2 Å². The van der Waals surface area contributed by atoms with Gasteiger partial charge in [-0.15, -0.1) is 0 Å². The maximum absolute atomic E-state index is 13.1. The summed E-state index contributed by atoms with van der Waals surface area (Å²) in [5, 5.41) is 3.23. The average molecular weight is 290 g/mol. The van der Waals surface area contributed by atoms with Gasteiger partial charge in [-0.3, -0.25) is 0 Å². The normalized spacial score (nSPS) is 12.8. The molecule has 1 N–H and O–H groups in total. The lowest BCUT2D eigenvalue weighted by Crippen LogP contribution is -2.26. The minimum absolute atomic E-state index is 0.182. The van der Waals surface area contributed by atoms with E-state index in [1.807, 2.05) is 19.9 Å². The predicted octanol–water partition coefficient (Wildman–Crippen LogP) is 3.10. The van der Waals surface area contributed by atoms with Crippen molar-refractivity contribution in [3.8, 4) is 0 Å². The second-order valence-electron chi connectivity index (χ2n) is 3.67. The summed E-state index contributed by atoms with van der Waals surface area (Å²) in [4.78, 5) is 0. The number of hydrogen-bond donors (Lipinski definition) is 1. The number of nitrogens with one attached hydrogen (secondary N) is 1. The highest BCUT2D eigenvalue weighted by atomic mass is 79.9. The van der Waals surface area contributed by atoms with Crippen molar-refractivity contribution in [3.05, 3.63) is 34.1 Å². The molecule has 0 spiro atoms. The Kier molecular flexibility index (Phi) is 5.95. The molecule has 0 radical (unpaired) electrons. The molecule has 0 aliphatic carbocycles. The molecule has 1 rings (SSSR count). The van der Waals surface area contributed by atoms with Crippen LogP contribution in [0.25, 0.3) is 0 Å². The van der Waals surface area contributed by atoms with Crippen LogP contribution in [0.2, 0.25) is 0 Å². The molecule has 4 heteroatoms. The van der Waals surface area contributed by atoms with Gasteiger partial charge >= 0.3 is 0 Å². The average Bonchev–Trinajstić information content (AvgIpc) is 2.16. The first kappa shape index (κ1) is 13.6. The van der Waals surface area contributed by atoms with Crippen LogP contribution in [0.5, 0.6) is 0 Å². The van der Waals surface area contributed by atoms with Crippen LogP contribution < -0.4 is 5.32 Å². The number of rotatable bonds is 6. The number of hydrogen-bond acceptors (Lipinski definition) is 2. The fraction of sp³-hybridized carbons (Fsp3) is 0.500. The summed E-state index contributed by atoms with van der Waals surface area (Å²) in [6.45, 7) is 6.11. The third kappa shape index (κ3) is 5.05. The molecule has 1 unspecified atom stereocenters. The largest absolute Gasteiger partial charge is 0.377 e. The van der Waals surface area contributed by atoms with Crippen LogP contribution in [0.1, 0.15) is 19.4 Å². The molecule has 1 atom stereocenters. The third-order valence-electron chi connectivity index (χ3n) is 2.13. The molecule has 0 bridgehead atoms. The smallest absolute Gasteiger partial charge is 0.124 e. The first-order valence-corrected chi connectivity index (χ1v) is 6.18. The molecule has 90 valence electrons. The summed E-state index contributed by atoms with van der Waals surface area (Å²) in [6, 6.07) is 4.89. The summed E-state index contributed by atoms with van der Waals surface area (Å²) < 4.78 is 19.2. The summed E-state index contributed by atoms with van der Waals surface area (Å²) in [7, 11) is 0. The molecule has 2 nitrogen and oxygen atoms in total. The Morgan fingerprint density at radius 2 is 2.19 bits per heavy atom. The van der Waals surface area contributed by atoms with E-state index in [0.29, 0.717) is 13.2 Å². The van der Waals surface area contributed by atoms with Crippen LogP contribution >= 0.6 is 15.9 Å². The van der Waals surface area contributed by atoms with Gasteiger partial charge in [-0.05, 0) is 37.6 Å². The Labute approximate surface area is 104 Å². The lowest BCUT2D eigenvalue weighted by Gasteiger charge is -2.12. The monoisotopic (exact) mass is 289 g/mol. The maximum atomic E-state index is 13.1. The van der Waals surface area contributed by atoms with Gasteiger partial charge in [0.05, 0.1) is 6.10 Å². The number of benzene rings is 1. The van der Waals surface area contributed by atoms with Crippen molar-refractivity contribution in [1.82, 2.24) is 5.32 Å². The van der Waals surface area contributed by atoms with Gasteiger partial charge in [0.15, 0.2) is 0 Å². The van der Waals surface area contributed by atoms with Gasteiger partial charge in [-0.2, -0.15) is 0 Å². The Hall–Kier alpha value is -0.450. The van der Waals surface area contributed by atoms with E-state index < -0.39 is 0 Å². The van der Waals surface area contributed by atoms with E-state index in [1.54, 1.807) is 0 Å². The molecule has 0 amide bonds. The maximum Gasteiger partial charge on any atom is 0.124 e. The molecule has 1 aromatic carbocycles. The van der Waals surface area contributed by atoms with Crippen molar-refractivity contribution < 1.29 is 9.13 Å². The molecule has 0 saturated heterocycles. The topological polar surface area (TPSA) is 21.3 Å². The molecule has 0 aliphatic rings. The van der Waals surface area contributed by atoms with Crippen LogP contribution in [-0.4, -0.2) is 19.3 Å². The zero-order valence-corrected chi connectivity index (χ0v) is 11.2. The van der Waals surface area contributed by atoms with E-state index in [1.165, 1.54) is 12.1 Å². The standard InChI is InChI=1S/C12H17BrFNO/c1-3-16-9(2)7-15-8-10-4-11(13)6-12(14)5-10/h4-6,9,15H,3,7-8H2,1-2H3. The SMILES string of the molecule is CCOC(C)CNCc1cc(F)cc(Br)c1. The van der Waals surface area contributed by atoms with Crippen molar-refractivity contribution in [3.63, 3.8) is 0 Å². The Morgan fingerprint density at radius 1 is 1.44 bits per heavy atom. The Morgan fingerprint density at radius 3 is 2.81 bits per heavy atom. The highest BCUT2D eigenvalue weighted by Crippen LogP contribution is 2.14. The molecule has 0 heterocycles. The molecular weight excluding hydrogens is 273 g/mol. The van der Waals surface area contributed by atoms with Gasteiger partial charge in [0.1, 0.15) is 5.82 Å². The summed E-state index contributed by atoms with van der Waals surface area (Å²) in [6.07, 6.45) is 0.182. The van der Waals surface area contributed by atoms with E-state index in [9.17, 15) is 4.39 Å². The van der Waals surface area contributed by atoms with E-state index in [2.05, 4.69) is 21.2 Å². The van der Waals surface area contributed by atoms with Crippen molar-refractivity contribution >= 4 is 15.9 Å². The molecule has 1 aromatic rings. The van der Waals surface area contributed by atoms with Gasteiger partial charge in [-0.25, -0.2) is 4.39 Å². The molecule has 16 heavy (non-hydrogen) atoms. The molecule has 0 aliphatic heterocycles. The second kappa shape index (κ2) is 6.99. The molecule has 0 aromatic heterocycles. The number of ether oxygens (including phenoxy) is 1. The van der Waals surface area contributed by atoms with Crippen LogP contribution in [0.4, 0.5) is 4.39 Å². The van der Waals surface area contributed by atoms with Crippen LogP contribution in [0.15, 0.2) is 22.7 Å². The zero-order chi connectivity index (χ0) is 12.0. The van der Waals surface area contributed by atoms with Crippen LogP contribution in [0, 0.1) is 5.82 Å². The van der Waals surface area contributed by atoms with Gasteiger partial charge in [0, 0.05) is 24.2 Å². The lowest BCUT2D eigenvalue weighted by molar-refractivity contribution is 0.0759. The molecule has 0 saturated carbocycles. The van der Waals surface area contributed by atoms with Crippen molar-refractivity contribution in [1.29, 1.82) is 0 Å². The second-order valence-corrected chi connectivity index (χ2v) is 4.59. The van der Waals surface area contributed by atoms with Crippen molar-refractivity contribution in [2.24, 2.45) is 0 Å². The van der Waals surface area contributed by atoms with E-state index in [-0.39, 0.29) is 11.9 Å². The van der Waals surface area contributed by atoms with Crippen LogP contribution in [0.3, 0.4) is 0 Å². The highest BCUT2D eigenvalue weighted by Gasteiger charge is 2.02. The van der Waals surface area contributed by atoms with Gasteiger partial charge in [-0.1, -0.05) is 15.9 Å². The van der Waals surface area contributed by atoms with Gasteiger partial charge in [0.2, 0.25) is 0 Å². The quantitative estimate of drug-likeness (QED) is 0.869. The first-order valence-electron chi connectivity index (χ1n) is 5.39. The van der Waals surface area contributed by atoms with Crippen molar-refractivity contribution in [2.45, 2.75) is 26.5 Å². The van der Waals surface area contributed by atoms with Gasteiger partial charge < -0.3 is 10.1 Å². The Bertz CT molecular complexity index is 313. The fourth-order valence-corrected chi connectivity index (χ4v) is 1.99. The van der Waals surface area contributed by atoms with E-state index in [0.717, 1.165) is 16.6 Å². The third-order valence-corrected chi connectivity index (χ3v) is 2.59. The summed E-state index contributed by atoms with van der Waals surface area (Å²) in [5.41, 5.74) is 0.926. The zero-order valence-electron chi connectivity index (χ0n) is 9.59. The highest BCUT2D eigenvalue weighted by molar-refractivity contribution is 9.10. The predicted molar refractivity (Wildman–Crippen MR) is 66.9 cm³/mol. The van der Waals surface area contributed by atoms with Gasteiger partial charge in [0.25, 0.3) is 0 Å². The minimum Gasteiger partial charge on any atom is -0.377 e. The van der Waals surface area contributed by atoms with E-state index >= 15 is 0 Å². The van der Waals surface area contributed by atoms with Crippen LogP contribution in [-0.2, 0) is 11.3 Å². The Balaban J connectivity index is 2.37. The summed E-state index contributed by atoms with van der Waals surface area (Å²) in [5.74, 6) is -0.218. The summed E-state index contributed by atoms with van der Waals surface area (Å²) >= 11 is 3.27. The molecular formula is C12H17BrFNO. The first-order chi connectivity index (χ1) is 7.61. The fourth-order valence-electron chi connectivity index (χ4n) is 1.48.